The zero-order valence-electron chi connectivity index (χ0n) is 9.26. The first-order valence-corrected chi connectivity index (χ1v) is 5.62. The number of nitrogens with zero attached hydrogens (tertiary/aromatic N) is 3. The number of rotatable bonds is 3. The highest BCUT2D eigenvalue weighted by atomic mass is 35.5. The second kappa shape index (κ2) is 4.39. The standard InChI is InChI=1S/C11H14ClN3O/c1-7(2)9(6-16)11-13-10-4-3-8(12)5-15(10)14-11/h3-5,7,9,16H,6H2,1-2H3. The molecule has 0 amide bonds. The topological polar surface area (TPSA) is 50.4 Å². The molecule has 0 aliphatic carbocycles. The van der Waals surface area contributed by atoms with E-state index in [-0.39, 0.29) is 12.5 Å². The summed E-state index contributed by atoms with van der Waals surface area (Å²) in [5, 5.41) is 14.3. The van der Waals surface area contributed by atoms with Crippen LogP contribution in [-0.2, 0) is 0 Å². The number of pyridine rings is 1. The molecule has 16 heavy (non-hydrogen) atoms. The van der Waals surface area contributed by atoms with E-state index in [9.17, 15) is 5.11 Å². The minimum Gasteiger partial charge on any atom is -0.396 e. The molecule has 4 nitrogen and oxygen atoms in total. The van der Waals surface area contributed by atoms with Crippen molar-refractivity contribution in [2.45, 2.75) is 19.8 Å². The minimum atomic E-state index is -0.0290. The summed E-state index contributed by atoms with van der Waals surface area (Å²) in [6.07, 6.45) is 1.71. The number of hydrogen-bond donors (Lipinski definition) is 1. The molecule has 0 aliphatic rings. The molecule has 0 spiro atoms. The molecule has 1 atom stereocenters. The van der Waals surface area contributed by atoms with E-state index in [1.54, 1.807) is 16.8 Å². The summed E-state index contributed by atoms with van der Waals surface area (Å²) in [7, 11) is 0. The van der Waals surface area contributed by atoms with Gasteiger partial charge in [0.2, 0.25) is 0 Å². The lowest BCUT2D eigenvalue weighted by atomic mass is 9.96. The first-order chi connectivity index (χ1) is 7.61. The van der Waals surface area contributed by atoms with Crippen LogP contribution in [0.3, 0.4) is 0 Å². The lowest BCUT2D eigenvalue weighted by Gasteiger charge is -2.13. The van der Waals surface area contributed by atoms with E-state index in [2.05, 4.69) is 10.1 Å². The van der Waals surface area contributed by atoms with Crippen LogP contribution >= 0.6 is 11.6 Å². The van der Waals surface area contributed by atoms with Gasteiger partial charge >= 0.3 is 0 Å². The van der Waals surface area contributed by atoms with Crippen LogP contribution < -0.4 is 0 Å². The Hall–Kier alpha value is -1.13. The third-order valence-electron chi connectivity index (χ3n) is 2.64. The number of aliphatic hydroxyl groups excluding tert-OH is 1. The predicted molar refractivity (Wildman–Crippen MR) is 62.7 cm³/mol. The Bertz CT molecular complexity index is 495. The Morgan fingerprint density at radius 2 is 2.19 bits per heavy atom. The fourth-order valence-electron chi connectivity index (χ4n) is 1.62. The SMILES string of the molecule is CC(C)C(CO)c1nc2ccc(Cl)cn2n1. The second-order valence-corrected chi connectivity index (χ2v) is 4.59. The summed E-state index contributed by atoms with van der Waals surface area (Å²) < 4.78 is 1.64. The average Bonchev–Trinajstić information content (AvgIpc) is 2.60. The Labute approximate surface area is 98.9 Å². The van der Waals surface area contributed by atoms with Gasteiger partial charge in [0.15, 0.2) is 11.5 Å². The summed E-state index contributed by atoms with van der Waals surface area (Å²) in [6, 6.07) is 3.59. The highest BCUT2D eigenvalue weighted by Crippen LogP contribution is 2.21. The van der Waals surface area contributed by atoms with Crippen molar-refractivity contribution in [2.24, 2.45) is 5.92 Å². The molecule has 2 heterocycles. The van der Waals surface area contributed by atoms with Crippen LogP contribution in [0, 0.1) is 5.92 Å². The molecule has 0 saturated heterocycles. The van der Waals surface area contributed by atoms with E-state index in [0.717, 1.165) is 5.65 Å². The summed E-state index contributed by atoms with van der Waals surface area (Å²) in [4.78, 5) is 4.38. The van der Waals surface area contributed by atoms with Gasteiger partial charge in [-0.1, -0.05) is 25.4 Å². The van der Waals surface area contributed by atoms with Crippen molar-refractivity contribution >= 4 is 17.2 Å². The molecule has 0 radical (unpaired) electrons. The molecule has 1 unspecified atom stereocenters. The lowest BCUT2D eigenvalue weighted by molar-refractivity contribution is 0.232. The van der Waals surface area contributed by atoms with Crippen molar-refractivity contribution in [3.8, 4) is 0 Å². The maximum atomic E-state index is 9.31. The molecule has 5 heteroatoms. The number of aromatic nitrogens is 3. The van der Waals surface area contributed by atoms with Crippen LogP contribution in [0.15, 0.2) is 18.3 Å². The second-order valence-electron chi connectivity index (χ2n) is 4.15. The molecule has 86 valence electrons. The number of fused-ring (bicyclic) bond motifs is 1. The largest absolute Gasteiger partial charge is 0.396 e. The van der Waals surface area contributed by atoms with E-state index in [4.69, 9.17) is 11.6 Å². The maximum absolute atomic E-state index is 9.31. The van der Waals surface area contributed by atoms with Crippen LogP contribution in [0.4, 0.5) is 0 Å². The molecule has 0 saturated carbocycles. The van der Waals surface area contributed by atoms with Crippen molar-refractivity contribution in [1.82, 2.24) is 14.6 Å². The molecule has 2 rings (SSSR count). The van der Waals surface area contributed by atoms with Gasteiger partial charge in [0.1, 0.15) is 0 Å². The third-order valence-corrected chi connectivity index (χ3v) is 2.87. The van der Waals surface area contributed by atoms with Gasteiger partial charge in [0.05, 0.1) is 11.6 Å². The zero-order valence-corrected chi connectivity index (χ0v) is 10.0. The van der Waals surface area contributed by atoms with Crippen molar-refractivity contribution < 1.29 is 5.11 Å². The molecule has 1 N–H and O–H groups in total. The molecule has 0 bridgehead atoms. The Balaban J connectivity index is 2.45. The van der Waals surface area contributed by atoms with Gasteiger partial charge in [0.25, 0.3) is 0 Å². The van der Waals surface area contributed by atoms with Gasteiger partial charge in [-0.05, 0) is 18.1 Å². The summed E-state index contributed by atoms with van der Waals surface area (Å²) in [5.74, 6) is 0.941. The fraction of sp³-hybridized carbons (Fsp3) is 0.455. The van der Waals surface area contributed by atoms with Crippen LogP contribution in [0.5, 0.6) is 0 Å². The van der Waals surface area contributed by atoms with Gasteiger partial charge < -0.3 is 5.11 Å². The van der Waals surface area contributed by atoms with E-state index in [1.807, 2.05) is 19.9 Å². The molecule has 0 aromatic carbocycles. The van der Waals surface area contributed by atoms with Crippen molar-refractivity contribution in [3.05, 3.63) is 29.2 Å². The molecular weight excluding hydrogens is 226 g/mol. The van der Waals surface area contributed by atoms with Gasteiger partial charge in [0, 0.05) is 12.1 Å². The van der Waals surface area contributed by atoms with Crippen LogP contribution in [0.2, 0.25) is 5.02 Å². The van der Waals surface area contributed by atoms with Crippen molar-refractivity contribution in [2.75, 3.05) is 6.61 Å². The number of halogens is 1. The fourth-order valence-corrected chi connectivity index (χ4v) is 1.78. The van der Waals surface area contributed by atoms with Gasteiger partial charge in [-0.15, -0.1) is 0 Å². The summed E-state index contributed by atoms with van der Waals surface area (Å²) in [6.45, 7) is 4.14. The van der Waals surface area contributed by atoms with E-state index >= 15 is 0 Å². The average molecular weight is 240 g/mol. The smallest absolute Gasteiger partial charge is 0.157 e. The minimum absolute atomic E-state index is 0.0290. The van der Waals surface area contributed by atoms with Crippen molar-refractivity contribution in [3.63, 3.8) is 0 Å². The van der Waals surface area contributed by atoms with Crippen molar-refractivity contribution in [1.29, 1.82) is 0 Å². The van der Waals surface area contributed by atoms with Crippen LogP contribution in [0.1, 0.15) is 25.6 Å². The van der Waals surface area contributed by atoms with Gasteiger partial charge in [-0.3, -0.25) is 0 Å². The first-order valence-electron chi connectivity index (χ1n) is 5.24. The quantitative estimate of drug-likeness (QED) is 0.893. The zero-order chi connectivity index (χ0) is 11.7. The number of hydrogen-bond acceptors (Lipinski definition) is 3. The maximum Gasteiger partial charge on any atom is 0.157 e. The molecule has 2 aromatic heterocycles. The molecule has 2 aromatic rings. The van der Waals surface area contributed by atoms with Gasteiger partial charge in [-0.25, -0.2) is 9.50 Å². The molecule has 0 fully saturated rings. The Morgan fingerprint density at radius 1 is 1.44 bits per heavy atom. The first kappa shape index (κ1) is 11.4. The molecule has 0 aliphatic heterocycles. The highest BCUT2D eigenvalue weighted by molar-refractivity contribution is 6.30. The summed E-state index contributed by atoms with van der Waals surface area (Å²) in [5.41, 5.74) is 0.749. The van der Waals surface area contributed by atoms with Crippen LogP contribution in [0.25, 0.3) is 5.65 Å². The normalized spacial score (nSPS) is 13.6. The Kier molecular flexibility index (Phi) is 3.12. The number of aliphatic hydroxyl groups is 1. The van der Waals surface area contributed by atoms with Crippen LogP contribution in [-0.4, -0.2) is 26.3 Å². The highest BCUT2D eigenvalue weighted by Gasteiger charge is 2.19. The predicted octanol–water partition coefficient (Wildman–Crippen LogP) is 2.11. The van der Waals surface area contributed by atoms with E-state index in [0.29, 0.717) is 16.8 Å². The molecular formula is C11H14ClN3O. The monoisotopic (exact) mass is 239 g/mol. The third kappa shape index (κ3) is 2.03. The lowest BCUT2D eigenvalue weighted by Crippen LogP contribution is -2.13. The van der Waals surface area contributed by atoms with E-state index < -0.39 is 0 Å². The Morgan fingerprint density at radius 3 is 2.81 bits per heavy atom. The summed E-state index contributed by atoms with van der Waals surface area (Å²) >= 11 is 5.87. The van der Waals surface area contributed by atoms with E-state index in [1.165, 1.54) is 0 Å². The van der Waals surface area contributed by atoms with Gasteiger partial charge in [-0.2, -0.15) is 5.10 Å².